The van der Waals surface area contributed by atoms with Gasteiger partial charge in [-0.2, -0.15) is 9.41 Å². The van der Waals surface area contributed by atoms with Crippen LogP contribution in [0.4, 0.5) is 0 Å². The molecule has 9 nitrogen and oxygen atoms in total. The Balaban J connectivity index is 1.55. The van der Waals surface area contributed by atoms with Gasteiger partial charge in [0.15, 0.2) is 0 Å². The average molecular weight is 476 g/mol. The summed E-state index contributed by atoms with van der Waals surface area (Å²) in [5, 5.41) is 4.17. The van der Waals surface area contributed by atoms with Crippen LogP contribution in [-0.4, -0.2) is 64.9 Å². The summed E-state index contributed by atoms with van der Waals surface area (Å²) in [7, 11) is -0.394. The van der Waals surface area contributed by atoms with Gasteiger partial charge in [-0.3, -0.25) is 4.79 Å². The Morgan fingerprint density at radius 2 is 1.79 bits per heavy atom. The number of hydrogen-bond donors (Lipinski definition) is 1. The van der Waals surface area contributed by atoms with E-state index in [1.807, 2.05) is 6.07 Å². The minimum Gasteiger partial charge on any atom is -0.497 e. The lowest BCUT2D eigenvalue weighted by Gasteiger charge is -2.26. The van der Waals surface area contributed by atoms with Crippen molar-refractivity contribution >= 4 is 21.6 Å². The summed E-state index contributed by atoms with van der Waals surface area (Å²) < 4.78 is 42.6. The highest BCUT2D eigenvalue weighted by molar-refractivity contribution is 7.89. The van der Waals surface area contributed by atoms with Gasteiger partial charge in [-0.1, -0.05) is 12.1 Å². The number of ether oxygens (including phenoxy) is 3. The fourth-order valence-corrected chi connectivity index (χ4v) is 4.79. The largest absolute Gasteiger partial charge is 0.497 e. The van der Waals surface area contributed by atoms with E-state index in [9.17, 15) is 13.2 Å². The lowest BCUT2D eigenvalue weighted by molar-refractivity contribution is -0.121. The zero-order chi connectivity index (χ0) is 23.8. The molecule has 0 radical (unpaired) electrons. The van der Waals surface area contributed by atoms with E-state index in [4.69, 9.17) is 14.2 Å². The highest BCUT2D eigenvalue weighted by Gasteiger charge is 2.26. The van der Waals surface area contributed by atoms with Crippen molar-refractivity contribution in [3.8, 4) is 11.5 Å². The first-order chi connectivity index (χ1) is 15.8. The number of nitrogens with one attached hydrogen (secondary N) is 1. The van der Waals surface area contributed by atoms with Crippen LogP contribution in [0.2, 0.25) is 0 Å². The third kappa shape index (κ3) is 6.31. The number of carbonyl (C=O) groups is 1. The Kier molecular flexibility index (Phi) is 8.43. The number of amides is 1. The molecule has 0 saturated carbocycles. The van der Waals surface area contributed by atoms with Crippen LogP contribution in [-0.2, 0) is 26.0 Å². The highest BCUT2D eigenvalue weighted by atomic mass is 32.2. The van der Waals surface area contributed by atoms with Crippen LogP contribution in [0.5, 0.6) is 11.5 Å². The van der Waals surface area contributed by atoms with Crippen LogP contribution in [0, 0.1) is 0 Å². The number of aryl methyl sites for hydroxylation is 1. The fourth-order valence-electron chi connectivity index (χ4n) is 3.38. The molecule has 0 unspecified atom stereocenters. The van der Waals surface area contributed by atoms with Gasteiger partial charge in [-0.15, -0.1) is 0 Å². The Morgan fingerprint density at radius 1 is 1.09 bits per heavy atom. The summed E-state index contributed by atoms with van der Waals surface area (Å²) in [6.45, 7) is 3.29. The lowest BCUT2D eigenvalue weighted by atomic mass is 10.1. The van der Waals surface area contributed by atoms with E-state index in [-0.39, 0.29) is 17.2 Å². The zero-order valence-electron chi connectivity index (χ0n) is 19.0. The smallest absolute Gasteiger partial charge is 0.243 e. The second-order valence-corrected chi connectivity index (χ2v) is 9.40. The Labute approximate surface area is 194 Å². The topological polar surface area (TPSA) is 107 Å². The first kappa shape index (κ1) is 24.7. The number of carbonyl (C=O) groups excluding carboxylic acids is 1. The predicted octanol–water partition coefficient (Wildman–Crippen LogP) is 2.20. The van der Waals surface area contributed by atoms with Crippen molar-refractivity contribution in [1.82, 2.24) is 9.73 Å². The number of hydrazone groups is 1. The van der Waals surface area contributed by atoms with E-state index in [1.165, 1.54) is 4.31 Å². The van der Waals surface area contributed by atoms with Crippen molar-refractivity contribution in [1.29, 1.82) is 0 Å². The highest BCUT2D eigenvalue weighted by Crippen LogP contribution is 2.25. The van der Waals surface area contributed by atoms with Crippen LogP contribution < -0.4 is 14.9 Å². The average Bonchev–Trinajstić information content (AvgIpc) is 2.86. The first-order valence-corrected chi connectivity index (χ1v) is 12.0. The fraction of sp³-hybridized carbons (Fsp3) is 0.391. The van der Waals surface area contributed by atoms with Gasteiger partial charge in [0, 0.05) is 31.1 Å². The predicted molar refractivity (Wildman–Crippen MR) is 124 cm³/mol. The van der Waals surface area contributed by atoms with Gasteiger partial charge in [0.2, 0.25) is 15.9 Å². The summed E-state index contributed by atoms with van der Waals surface area (Å²) in [5.74, 6) is 1.01. The molecule has 0 aliphatic carbocycles. The summed E-state index contributed by atoms with van der Waals surface area (Å²) >= 11 is 0. The van der Waals surface area contributed by atoms with Crippen molar-refractivity contribution in [2.45, 2.75) is 24.7 Å². The molecule has 0 spiro atoms. The van der Waals surface area contributed by atoms with E-state index in [0.29, 0.717) is 49.9 Å². The van der Waals surface area contributed by atoms with Gasteiger partial charge in [0.05, 0.1) is 38.0 Å². The normalized spacial score (nSPS) is 15.2. The van der Waals surface area contributed by atoms with E-state index in [2.05, 4.69) is 10.5 Å². The number of morpholine rings is 1. The summed E-state index contributed by atoms with van der Waals surface area (Å²) in [4.78, 5) is 12.5. The monoisotopic (exact) mass is 475 g/mol. The summed E-state index contributed by atoms with van der Waals surface area (Å²) in [6, 6.07) is 12.0. The van der Waals surface area contributed by atoms with Crippen molar-refractivity contribution in [2.24, 2.45) is 5.10 Å². The summed E-state index contributed by atoms with van der Waals surface area (Å²) in [5.41, 5.74) is 4.77. The number of benzene rings is 2. The first-order valence-electron chi connectivity index (χ1n) is 10.6. The number of methoxy groups -OCH3 is 2. The molecule has 1 N–H and O–H groups in total. The zero-order valence-corrected chi connectivity index (χ0v) is 19.9. The Bertz CT molecular complexity index is 1090. The Morgan fingerprint density at radius 3 is 2.42 bits per heavy atom. The quantitative estimate of drug-likeness (QED) is 0.440. The molecule has 0 aromatic heterocycles. The number of rotatable bonds is 9. The van der Waals surface area contributed by atoms with E-state index < -0.39 is 10.0 Å². The third-order valence-corrected chi connectivity index (χ3v) is 7.23. The molecule has 2 aromatic carbocycles. The molecular formula is C23H29N3O6S. The number of hydrogen-bond acceptors (Lipinski definition) is 7. The van der Waals surface area contributed by atoms with Crippen molar-refractivity contribution in [2.75, 3.05) is 40.5 Å². The van der Waals surface area contributed by atoms with Gasteiger partial charge < -0.3 is 14.2 Å². The molecular weight excluding hydrogens is 446 g/mol. The maximum atomic E-state index is 12.7. The molecule has 3 rings (SSSR count). The molecule has 0 bridgehead atoms. The molecule has 1 fully saturated rings. The van der Waals surface area contributed by atoms with Crippen LogP contribution in [0.25, 0.3) is 0 Å². The molecule has 1 aliphatic heterocycles. The van der Waals surface area contributed by atoms with Crippen molar-refractivity contribution in [3.05, 3.63) is 53.6 Å². The van der Waals surface area contributed by atoms with E-state index in [1.54, 1.807) is 57.5 Å². The minimum atomic E-state index is -3.53. The maximum absolute atomic E-state index is 12.7. The van der Waals surface area contributed by atoms with Gasteiger partial charge in [-0.05, 0) is 43.2 Å². The van der Waals surface area contributed by atoms with Crippen LogP contribution in [0.3, 0.4) is 0 Å². The molecule has 10 heteroatoms. The minimum absolute atomic E-state index is 0.214. The van der Waals surface area contributed by atoms with Crippen LogP contribution in [0.15, 0.2) is 52.5 Å². The lowest BCUT2D eigenvalue weighted by Crippen LogP contribution is -2.40. The Hall–Kier alpha value is -2.95. The molecule has 1 amide bonds. The number of sulfonamides is 1. The standard InChI is InChI=1S/C23H29N3O6S/c1-17(21-10-7-19(30-2)16-22(21)31-3)24-25-23(27)11-6-18-4-8-20(9-5-18)33(28,29)26-12-14-32-15-13-26/h4-5,7-10,16H,6,11-15H2,1-3H3,(H,25,27)/b24-17+. The third-order valence-electron chi connectivity index (χ3n) is 5.32. The van der Waals surface area contributed by atoms with Gasteiger partial charge >= 0.3 is 0 Å². The van der Waals surface area contributed by atoms with Gasteiger partial charge in [-0.25, -0.2) is 13.8 Å². The van der Waals surface area contributed by atoms with Crippen molar-refractivity contribution in [3.63, 3.8) is 0 Å². The molecule has 1 saturated heterocycles. The second kappa shape index (κ2) is 11.3. The molecule has 1 aliphatic rings. The number of nitrogens with zero attached hydrogens (tertiary/aromatic N) is 2. The van der Waals surface area contributed by atoms with Gasteiger partial charge in [0.25, 0.3) is 0 Å². The molecule has 0 atom stereocenters. The van der Waals surface area contributed by atoms with Crippen LogP contribution in [0.1, 0.15) is 24.5 Å². The molecule has 33 heavy (non-hydrogen) atoms. The summed E-state index contributed by atoms with van der Waals surface area (Å²) in [6.07, 6.45) is 0.677. The molecule has 2 aromatic rings. The maximum Gasteiger partial charge on any atom is 0.243 e. The second-order valence-electron chi connectivity index (χ2n) is 7.46. The van der Waals surface area contributed by atoms with E-state index >= 15 is 0 Å². The van der Waals surface area contributed by atoms with E-state index in [0.717, 1.165) is 11.1 Å². The SMILES string of the molecule is COc1ccc(/C(C)=N/NC(=O)CCc2ccc(S(=O)(=O)N3CCOCC3)cc2)c(OC)c1. The molecule has 178 valence electrons. The van der Waals surface area contributed by atoms with Gasteiger partial charge in [0.1, 0.15) is 11.5 Å². The molecule has 1 heterocycles. The van der Waals surface area contributed by atoms with Crippen LogP contribution >= 0.6 is 0 Å². The van der Waals surface area contributed by atoms with Crippen molar-refractivity contribution < 1.29 is 27.4 Å².